The fraction of sp³-hybridized carbons (Fsp3) is 0.875. The molecule has 0 aromatic carbocycles. The lowest BCUT2D eigenvalue weighted by atomic mass is 10.4. The Morgan fingerprint density at radius 1 is 1.42 bits per heavy atom. The molecule has 72 valence electrons. The average molecular weight is 174 g/mol. The third-order valence-electron chi connectivity index (χ3n) is 1.38. The molecule has 0 aromatic rings. The predicted octanol–water partition coefficient (Wildman–Crippen LogP) is 0.732. The standard InChI is InChI=1S/C8H18N2O2/c1-3-4-7-12-8(11)10-6-5-9-2/h9H,3-7H2,1-2H3,(H,10,11). The van der Waals surface area contributed by atoms with Gasteiger partial charge in [-0.05, 0) is 13.5 Å². The molecular formula is C8H18N2O2. The predicted molar refractivity (Wildman–Crippen MR) is 48.2 cm³/mol. The zero-order chi connectivity index (χ0) is 9.23. The second-order valence-electron chi connectivity index (χ2n) is 2.52. The maximum Gasteiger partial charge on any atom is 0.407 e. The van der Waals surface area contributed by atoms with E-state index in [1.165, 1.54) is 0 Å². The van der Waals surface area contributed by atoms with E-state index in [2.05, 4.69) is 17.6 Å². The van der Waals surface area contributed by atoms with Crippen molar-refractivity contribution in [2.75, 3.05) is 26.7 Å². The molecule has 0 saturated heterocycles. The van der Waals surface area contributed by atoms with Crippen LogP contribution in [0.5, 0.6) is 0 Å². The van der Waals surface area contributed by atoms with Crippen LogP contribution in [0.4, 0.5) is 4.79 Å². The Labute approximate surface area is 73.7 Å². The molecule has 0 fully saturated rings. The summed E-state index contributed by atoms with van der Waals surface area (Å²) in [7, 11) is 1.84. The minimum absolute atomic E-state index is 0.321. The van der Waals surface area contributed by atoms with Crippen LogP contribution in [0.3, 0.4) is 0 Å². The number of amides is 1. The lowest BCUT2D eigenvalue weighted by Gasteiger charge is -2.05. The van der Waals surface area contributed by atoms with E-state index in [4.69, 9.17) is 4.74 Å². The molecule has 0 bridgehead atoms. The van der Waals surface area contributed by atoms with Crippen molar-refractivity contribution < 1.29 is 9.53 Å². The Balaban J connectivity index is 3.10. The molecule has 1 amide bonds. The highest BCUT2D eigenvalue weighted by atomic mass is 16.5. The van der Waals surface area contributed by atoms with Crippen LogP contribution >= 0.6 is 0 Å². The molecule has 4 heteroatoms. The van der Waals surface area contributed by atoms with Gasteiger partial charge in [0, 0.05) is 13.1 Å². The molecule has 0 heterocycles. The molecule has 0 aliphatic carbocycles. The topological polar surface area (TPSA) is 50.4 Å². The fourth-order valence-corrected chi connectivity index (χ4v) is 0.650. The van der Waals surface area contributed by atoms with Crippen molar-refractivity contribution in [3.63, 3.8) is 0 Å². The van der Waals surface area contributed by atoms with Gasteiger partial charge in [-0.15, -0.1) is 0 Å². The summed E-state index contributed by atoms with van der Waals surface area (Å²) in [5.41, 5.74) is 0. The first-order valence-electron chi connectivity index (χ1n) is 4.36. The number of hydrogen-bond donors (Lipinski definition) is 2. The normalized spacial score (nSPS) is 9.50. The van der Waals surface area contributed by atoms with E-state index in [1.807, 2.05) is 7.05 Å². The molecule has 12 heavy (non-hydrogen) atoms. The van der Waals surface area contributed by atoms with Crippen molar-refractivity contribution >= 4 is 6.09 Å². The van der Waals surface area contributed by atoms with Crippen LogP contribution in [0, 0.1) is 0 Å². The van der Waals surface area contributed by atoms with Crippen molar-refractivity contribution in [1.82, 2.24) is 10.6 Å². The van der Waals surface area contributed by atoms with Crippen molar-refractivity contribution in [1.29, 1.82) is 0 Å². The Hall–Kier alpha value is -0.770. The maximum absolute atomic E-state index is 10.8. The smallest absolute Gasteiger partial charge is 0.407 e. The van der Waals surface area contributed by atoms with Crippen molar-refractivity contribution in [3.8, 4) is 0 Å². The van der Waals surface area contributed by atoms with Crippen LogP contribution in [0.15, 0.2) is 0 Å². The van der Waals surface area contributed by atoms with Gasteiger partial charge in [-0.1, -0.05) is 13.3 Å². The van der Waals surface area contributed by atoms with Gasteiger partial charge in [-0.3, -0.25) is 0 Å². The maximum atomic E-state index is 10.8. The number of carbonyl (C=O) groups is 1. The zero-order valence-electron chi connectivity index (χ0n) is 7.85. The SMILES string of the molecule is CCCCOC(=O)NCCNC. The zero-order valence-corrected chi connectivity index (χ0v) is 7.85. The van der Waals surface area contributed by atoms with Crippen molar-refractivity contribution in [2.24, 2.45) is 0 Å². The number of hydrogen-bond acceptors (Lipinski definition) is 3. The molecular weight excluding hydrogens is 156 g/mol. The summed E-state index contributed by atoms with van der Waals surface area (Å²) < 4.78 is 4.85. The van der Waals surface area contributed by atoms with Crippen LogP contribution in [0.2, 0.25) is 0 Å². The van der Waals surface area contributed by atoms with E-state index in [0.29, 0.717) is 13.2 Å². The Morgan fingerprint density at radius 2 is 2.17 bits per heavy atom. The number of alkyl carbamates (subject to hydrolysis) is 1. The monoisotopic (exact) mass is 174 g/mol. The van der Waals surface area contributed by atoms with E-state index >= 15 is 0 Å². The number of nitrogens with one attached hydrogen (secondary N) is 2. The summed E-state index contributed by atoms with van der Waals surface area (Å²) in [5, 5.41) is 5.54. The van der Waals surface area contributed by atoms with Crippen LogP contribution in [-0.2, 0) is 4.74 Å². The van der Waals surface area contributed by atoms with Crippen molar-refractivity contribution in [3.05, 3.63) is 0 Å². The summed E-state index contributed by atoms with van der Waals surface area (Å²) in [6.07, 6.45) is 1.65. The van der Waals surface area contributed by atoms with E-state index in [-0.39, 0.29) is 6.09 Å². The van der Waals surface area contributed by atoms with E-state index < -0.39 is 0 Å². The first-order chi connectivity index (χ1) is 5.81. The third-order valence-corrected chi connectivity index (χ3v) is 1.38. The summed E-state index contributed by atoms with van der Waals surface area (Å²) >= 11 is 0. The summed E-state index contributed by atoms with van der Waals surface area (Å²) in [6.45, 7) is 3.95. The molecule has 4 nitrogen and oxygen atoms in total. The first-order valence-corrected chi connectivity index (χ1v) is 4.36. The molecule has 0 rings (SSSR count). The quantitative estimate of drug-likeness (QED) is 0.584. The molecule has 0 aliphatic rings. The Kier molecular flexibility index (Phi) is 7.79. The average Bonchev–Trinajstić information content (AvgIpc) is 2.06. The molecule has 0 spiro atoms. The van der Waals surface area contributed by atoms with Gasteiger partial charge in [0.25, 0.3) is 0 Å². The Morgan fingerprint density at radius 3 is 2.75 bits per heavy atom. The van der Waals surface area contributed by atoms with Gasteiger partial charge in [0.05, 0.1) is 6.61 Å². The molecule has 0 saturated carbocycles. The third kappa shape index (κ3) is 7.34. The van der Waals surface area contributed by atoms with Gasteiger partial charge in [0.1, 0.15) is 0 Å². The highest BCUT2D eigenvalue weighted by Gasteiger charge is 1.98. The first kappa shape index (κ1) is 11.2. The van der Waals surface area contributed by atoms with Gasteiger partial charge >= 0.3 is 6.09 Å². The molecule has 0 radical (unpaired) electrons. The number of carbonyl (C=O) groups excluding carboxylic acids is 1. The highest BCUT2D eigenvalue weighted by molar-refractivity contribution is 5.66. The number of ether oxygens (including phenoxy) is 1. The fourth-order valence-electron chi connectivity index (χ4n) is 0.650. The second kappa shape index (κ2) is 8.33. The summed E-state index contributed by atoms with van der Waals surface area (Å²) in [4.78, 5) is 10.8. The Bertz CT molecular complexity index is 106. The van der Waals surface area contributed by atoms with Gasteiger partial charge in [-0.25, -0.2) is 4.79 Å². The van der Waals surface area contributed by atoms with E-state index in [9.17, 15) is 4.79 Å². The summed E-state index contributed by atoms with van der Waals surface area (Å²) in [5.74, 6) is 0. The minimum Gasteiger partial charge on any atom is -0.450 e. The number of unbranched alkanes of at least 4 members (excludes halogenated alkanes) is 1. The van der Waals surface area contributed by atoms with Crippen LogP contribution in [0.1, 0.15) is 19.8 Å². The minimum atomic E-state index is -0.321. The van der Waals surface area contributed by atoms with Crippen LogP contribution < -0.4 is 10.6 Å². The lowest BCUT2D eigenvalue weighted by Crippen LogP contribution is -2.31. The second-order valence-corrected chi connectivity index (χ2v) is 2.52. The molecule has 0 aliphatic heterocycles. The molecule has 0 unspecified atom stereocenters. The molecule has 2 N–H and O–H groups in total. The number of likely N-dealkylation sites (N-methyl/N-ethyl adjacent to an activating group) is 1. The van der Waals surface area contributed by atoms with E-state index in [1.54, 1.807) is 0 Å². The van der Waals surface area contributed by atoms with E-state index in [0.717, 1.165) is 19.4 Å². The molecule has 0 atom stereocenters. The van der Waals surface area contributed by atoms with Crippen LogP contribution in [0.25, 0.3) is 0 Å². The van der Waals surface area contributed by atoms with Crippen molar-refractivity contribution in [2.45, 2.75) is 19.8 Å². The lowest BCUT2D eigenvalue weighted by molar-refractivity contribution is 0.144. The largest absolute Gasteiger partial charge is 0.450 e. The van der Waals surface area contributed by atoms with Gasteiger partial charge in [0.15, 0.2) is 0 Å². The van der Waals surface area contributed by atoms with Crippen LogP contribution in [-0.4, -0.2) is 32.8 Å². The number of rotatable bonds is 6. The van der Waals surface area contributed by atoms with Gasteiger partial charge < -0.3 is 15.4 Å². The van der Waals surface area contributed by atoms with Gasteiger partial charge in [-0.2, -0.15) is 0 Å². The summed E-state index contributed by atoms with van der Waals surface area (Å²) in [6, 6.07) is 0. The van der Waals surface area contributed by atoms with Gasteiger partial charge in [0.2, 0.25) is 0 Å². The molecule has 0 aromatic heterocycles. The highest BCUT2D eigenvalue weighted by Crippen LogP contribution is 1.87.